The van der Waals surface area contributed by atoms with Crippen molar-refractivity contribution in [3.8, 4) is 0 Å². The molecule has 7 heteroatoms. The van der Waals surface area contributed by atoms with E-state index in [2.05, 4.69) is 0 Å². The molecule has 1 aliphatic heterocycles. The topological polar surface area (TPSA) is 91.8 Å². The van der Waals surface area contributed by atoms with Crippen LogP contribution in [0.1, 0.15) is 33.6 Å². The van der Waals surface area contributed by atoms with Crippen LogP contribution in [-0.2, 0) is 19.4 Å². The molecule has 1 rings (SSSR count). The number of hydrogen-bond donors (Lipinski definition) is 1. The molecule has 1 unspecified atom stereocenters. The van der Waals surface area contributed by atoms with Gasteiger partial charge < -0.3 is 10.0 Å². The predicted octanol–water partition coefficient (Wildman–Crippen LogP) is 0.523. The number of aliphatic carboxylic acids is 1. The fraction of sp³-hybridized carbons (Fsp3) is 0.833. The molecule has 1 heterocycles. The smallest absolute Gasteiger partial charge is 0.308 e. The molecule has 1 saturated heterocycles. The fourth-order valence-corrected chi connectivity index (χ4v) is 2.82. The summed E-state index contributed by atoms with van der Waals surface area (Å²) in [7, 11) is -3.52. The minimum Gasteiger partial charge on any atom is -0.481 e. The Kier molecular flexibility index (Phi) is 4.60. The summed E-state index contributed by atoms with van der Waals surface area (Å²) in [6.07, 6.45) is 1.13. The van der Waals surface area contributed by atoms with Crippen LogP contribution in [0.3, 0.4) is 0 Å². The molecule has 1 aliphatic rings. The van der Waals surface area contributed by atoms with E-state index in [1.807, 2.05) is 0 Å². The van der Waals surface area contributed by atoms with E-state index in [9.17, 15) is 18.0 Å². The molecule has 0 spiro atoms. The number of rotatable bonds is 3. The van der Waals surface area contributed by atoms with E-state index in [-0.39, 0.29) is 6.54 Å². The third kappa shape index (κ3) is 3.92. The molecular formula is C12H21NO5S. The largest absolute Gasteiger partial charge is 0.481 e. The van der Waals surface area contributed by atoms with Gasteiger partial charge in [-0.05, 0) is 33.6 Å². The van der Waals surface area contributed by atoms with Gasteiger partial charge in [0.05, 0.1) is 10.7 Å². The van der Waals surface area contributed by atoms with Gasteiger partial charge in [0.15, 0.2) is 9.84 Å². The molecule has 1 N–H and O–H groups in total. The first kappa shape index (κ1) is 15.9. The lowest BCUT2D eigenvalue weighted by Crippen LogP contribution is -2.46. The lowest BCUT2D eigenvalue weighted by Gasteiger charge is -2.31. The summed E-state index contributed by atoms with van der Waals surface area (Å²) < 4.78 is 22.9. The number of amides is 1. The highest BCUT2D eigenvalue weighted by atomic mass is 32.2. The molecule has 0 aliphatic carbocycles. The highest BCUT2D eigenvalue weighted by molar-refractivity contribution is 7.93. The van der Waals surface area contributed by atoms with Crippen LogP contribution >= 0.6 is 0 Å². The average molecular weight is 291 g/mol. The molecule has 6 nitrogen and oxygen atoms in total. The van der Waals surface area contributed by atoms with Gasteiger partial charge in [-0.2, -0.15) is 0 Å². The molecule has 0 radical (unpaired) electrons. The summed E-state index contributed by atoms with van der Waals surface area (Å²) in [5, 5.41) is 8.94. The average Bonchev–Trinajstić information content (AvgIpc) is 2.27. The van der Waals surface area contributed by atoms with Crippen molar-refractivity contribution in [3.05, 3.63) is 0 Å². The van der Waals surface area contributed by atoms with Gasteiger partial charge in [0.1, 0.15) is 5.75 Å². The summed E-state index contributed by atoms with van der Waals surface area (Å²) in [4.78, 5) is 24.2. The number of carbonyl (C=O) groups excluding carboxylic acids is 1. The van der Waals surface area contributed by atoms with Crippen LogP contribution in [0.25, 0.3) is 0 Å². The Hall–Kier alpha value is -1.11. The monoisotopic (exact) mass is 291 g/mol. The summed E-state index contributed by atoms with van der Waals surface area (Å²) in [5.41, 5.74) is 0. The van der Waals surface area contributed by atoms with E-state index < -0.39 is 38.1 Å². The minimum atomic E-state index is -3.52. The van der Waals surface area contributed by atoms with Crippen molar-refractivity contribution in [1.29, 1.82) is 0 Å². The third-order valence-electron chi connectivity index (χ3n) is 3.37. The number of likely N-dealkylation sites (tertiary alicyclic amines) is 1. The zero-order valence-electron chi connectivity index (χ0n) is 11.5. The highest BCUT2D eigenvalue weighted by Gasteiger charge is 2.35. The van der Waals surface area contributed by atoms with Crippen LogP contribution in [0.2, 0.25) is 0 Å². The molecule has 0 bridgehead atoms. The standard InChI is InChI=1S/C12H21NO5S/c1-12(2,3)19(17,18)8-10(14)13-6-4-5-9(7-13)11(15)16/h9H,4-8H2,1-3H3,(H,15,16). The first-order valence-corrected chi connectivity index (χ1v) is 7.93. The van der Waals surface area contributed by atoms with Crippen molar-refractivity contribution >= 4 is 21.7 Å². The molecule has 110 valence electrons. The number of hydrogen-bond acceptors (Lipinski definition) is 4. The van der Waals surface area contributed by atoms with Crippen molar-refractivity contribution < 1.29 is 23.1 Å². The Bertz CT molecular complexity index is 463. The van der Waals surface area contributed by atoms with Crippen LogP contribution < -0.4 is 0 Å². The summed E-state index contributed by atoms with van der Waals surface area (Å²) in [5.74, 6) is -2.57. The van der Waals surface area contributed by atoms with Gasteiger partial charge in [-0.3, -0.25) is 9.59 Å². The summed E-state index contributed by atoms with van der Waals surface area (Å²) in [6.45, 7) is 5.18. The number of carboxylic acid groups (broad SMARTS) is 1. The number of piperidine rings is 1. The molecule has 0 saturated carbocycles. The first-order chi connectivity index (χ1) is 8.54. The molecule has 1 fully saturated rings. The maximum Gasteiger partial charge on any atom is 0.308 e. The van der Waals surface area contributed by atoms with Crippen molar-refractivity contribution in [2.75, 3.05) is 18.8 Å². The van der Waals surface area contributed by atoms with Crippen molar-refractivity contribution in [3.63, 3.8) is 0 Å². The second-order valence-electron chi connectivity index (χ2n) is 5.89. The summed E-state index contributed by atoms with van der Waals surface area (Å²) >= 11 is 0. The first-order valence-electron chi connectivity index (χ1n) is 6.27. The quantitative estimate of drug-likeness (QED) is 0.818. The van der Waals surface area contributed by atoms with Crippen molar-refractivity contribution in [2.45, 2.75) is 38.4 Å². The van der Waals surface area contributed by atoms with E-state index >= 15 is 0 Å². The van der Waals surface area contributed by atoms with Gasteiger partial charge in [-0.25, -0.2) is 8.42 Å². The minimum absolute atomic E-state index is 0.105. The second-order valence-corrected chi connectivity index (χ2v) is 8.63. The lowest BCUT2D eigenvalue weighted by molar-refractivity contribution is -0.145. The van der Waals surface area contributed by atoms with E-state index in [4.69, 9.17) is 5.11 Å². The van der Waals surface area contributed by atoms with Gasteiger partial charge in [0.25, 0.3) is 0 Å². The molecule has 1 atom stereocenters. The molecular weight excluding hydrogens is 270 g/mol. The van der Waals surface area contributed by atoms with Gasteiger partial charge in [0, 0.05) is 13.1 Å². The fourth-order valence-electron chi connectivity index (χ4n) is 1.88. The SMILES string of the molecule is CC(C)(C)S(=O)(=O)CC(=O)N1CCCC(C(=O)O)C1. The molecule has 0 aromatic rings. The highest BCUT2D eigenvalue weighted by Crippen LogP contribution is 2.20. The Balaban J connectivity index is 2.72. The second kappa shape index (κ2) is 5.48. The lowest BCUT2D eigenvalue weighted by atomic mass is 9.98. The van der Waals surface area contributed by atoms with E-state index in [1.165, 1.54) is 4.90 Å². The predicted molar refractivity (Wildman–Crippen MR) is 70.5 cm³/mol. The number of carbonyl (C=O) groups is 2. The normalized spacial score (nSPS) is 21.2. The molecule has 19 heavy (non-hydrogen) atoms. The van der Waals surface area contributed by atoms with Gasteiger partial charge in [-0.15, -0.1) is 0 Å². The maximum atomic E-state index is 12.0. The van der Waals surface area contributed by atoms with E-state index in [1.54, 1.807) is 20.8 Å². The van der Waals surface area contributed by atoms with Crippen LogP contribution in [-0.4, -0.2) is 53.9 Å². The number of sulfone groups is 1. The van der Waals surface area contributed by atoms with Crippen molar-refractivity contribution in [2.24, 2.45) is 5.92 Å². The van der Waals surface area contributed by atoms with E-state index in [0.29, 0.717) is 19.4 Å². The Morgan fingerprint density at radius 1 is 1.32 bits per heavy atom. The Morgan fingerprint density at radius 2 is 1.89 bits per heavy atom. The van der Waals surface area contributed by atoms with Gasteiger partial charge >= 0.3 is 5.97 Å². The Labute approximate surface area is 113 Å². The van der Waals surface area contributed by atoms with Crippen LogP contribution in [0.15, 0.2) is 0 Å². The van der Waals surface area contributed by atoms with Crippen LogP contribution in [0, 0.1) is 5.92 Å². The van der Waals surface area contributed by atoms with Crippen LogP contribution in [0.5, 0.6) is 0 Å². The number of carboxylic acids is 1. The zero-order chi connectivity index (χ0) is 14.8. The summed E-state index contributed by atoms with van der Waals surface area (Å²) in [6, 6.07) is 0. The van der Waals surface area contributed by atoms with Gasteiger partial charge in [-0.1, -0.05) is 0 Å². The Morgan fingerprint density at radius 3 is 2.37 bits per heavy atom. The van der Waals surface area contributed by atoms with E-state index in [0.717, 1.165) is 0 Å². The third-order valence-corrected chi connectivity index (χ3v) is 5.86. The number of nitrogens with zero attached hydrogens (tertiary/aromatic N) is 1. The van der Waals surface area contributed by atoms with Crippen LogP contribution in [0.4, 0.5) is 0 Å². The molecule has 0 aromatic carbocycles. The molecule has 1 amide bonds. The molecule has 0 aromatic heterocycles. The van der Waals surface area contributed by atoms with Gasteiger partial charge in [0.2, 0.25) is 5.91 Å². The zero-order valence-corrected chi connectivity index (χ0v) is 12.4. The van der Waals surface area contributed by atoms with Crippen molar-refractivity contribution in [1.82, 2.24) is 4.90 Å². The maximum absolute atomic E-state index is 12.0.